The van der Waals surface area contributed by atoms with Gasteiger partial charge in [-0.15, -0.1) is 0 Å². The van der Waals surface area contributed by atoms with E-state index in [-0.39, 0.29) is 5.95 Å². The Kier molecular flexibility index (Phi) is 3.05. The fourth-order valence-corrected chi connectivity index (χ4v) is 1.60. The molecule has 0 saturated heterocycles. The molecule has 0 spiro atoms. The van der Waals surface area contributed by atoms with Crippen LogP contribution in [0.25, 0.3) is 0 Å². The van der Waals surface area contributed by atoms with E-state index in [1.165, 1.54) is 0 Å². The summed E-state index contributed by atoms with van der Waals surface area (Å²) < 4.78 is 0.782. The molecule has 0 radical (unpaired) electrons. The average molecular weight is 279 g/mol. The van der Waals surface area contributed by atoms with E-state index in [1.807, 2.05) is 31.2 Å². The summed E-state index contributed by atoms with van der Waals surface area (Å²) in [6.07, 6.45) is 1.63. The number of hydrogen-bond acceptors (Lipinski definition) is 4. The highest BCUT2D eigenvalue weighted by atomic mass is 79.9. The molecule has 0 saturated carbocycles. The summed E-state index contributed by atoms with van der Waals surface area (Å²) in [7, 11) is 0. The van der Waals surface area contributed by atoms with Gasteiger partial charge in [0, 0.05) is 11.9 Å². The summed E-state index contributed by atoms with van der Waals surface area (Å²) in [5, 5.41) is 3.20. The van der Waals surface area contributed by atoms with Gasteiger partial charge in [0.25, 0.3) is 0 Å². The summed E-state index contributed by atoms with van der Waals surface area (Å²) in [6.45, 7) is 2.03. The molecule has 5 heteroatoms. The first-order valence-corrected chi connectivity index (χ1v) is 5.57. The Balaban J connectivity index is 2.34. The van der Waals surface area contributed by atoms with Crippen molar-refractivity contribution in [2.24, 2.45) is 0 Å². The van der Waals surface area contributed by atoms with E-state index < -0.39 is 0 Å². The molecule has 0 fully saturated rings. The molecule has 0 aliphatic rings. The first kappa shape index (κ1) is 10.9. The third-order valence-electron chi connectivity index (χ3n) is 2.16. The highest BCUT2D eigenvalue weighted by molar-refractivity contribution is 9.10. The lowest BCUT2D eigenvalue weighted by atomic mass is 10.2. The molecule has 0 unspecified atom stereocenters. The fourth-order valence-electron chi connectivity index (χ4n) is 1.31. The molecular weight excluding hydrogens is 268 g/mol. The lowest BCUT2D eigenvalue weighted by Gasteiger charge is -2.09. The fraction of sp³-hybridized carbons (Fsp3) is 0.0909. The van der Waals surface area contributed by atoms with Gasteiger partial charge in [0.2, 0.25) is 5.95 Å². The van der Waals surface area contributed by atoms with Crippen molar-refractivity contribution in [1.82, 2.24) is 9.97 Å². The number of halogens is 1. The topological polar surface area (TPSA) is 63.8 Å². The van der Waals surface area contributed by atoms with Crippen LogP contribution in [0.15, 0.2) is 34.9 Å². The Morgan fingerprint density at radius 3 is 2.81 bits per heavy atom. The van der Waals surface area contributed by atoms with Crippen LogP contribution in [0, 0.1) is 6.92 Å². The molecule has 16 heavy (non-hydrogen) atoms. The third-order valence-corrected chi connectivity index (χ3v) is 2.74. The molecule has 1 aromatic carbocycles. The Hall–Kier alpha value is -1.62. The van der Waals surface area contributed by atoms with Gasteiger partial charge < -0.3 is 11.1 Å². The number of anilines is 3. The Bertz CT molecular complexity index is 513. The van der Waals surface area contributed by atoms with Gasteiger partial charge in [0.05, 0.1) is 4.47 Å². The largest absolute Gasteiger partial charge is 0.368 e. The summed E-state index contributed by atoms with van der Waals surface area (Å²) >= 11 is 3.37. The summed E-state index contributed by atoms with van der Waals surface area (Å²) in [6, 6.07) is 7.97. The number of nitrogen functional groups attached to an aromatic ring is 1. The second-order valence-electron chi connectivity index (χ2n) is 3.36. The number of nitrogens with zero attached hydrogens (tertiary/aromatic N) is 2. The predicted molar refractivity (Wildman–Crippen MR) is 68.6 cm³/mol. The van der Waals surface area contributed by atoms with Crippen molar-refractivity contribution >= 4 is 33.4 Å². The number of hydrogen-bond donors (Lipinski definition) is 2. The van der Waals surface area contributed by atoms with E-state index in [0.29, 0.717) is 5.82 Å². The molecule has 1 aromatic heterocycles. The van der Waals surface area contributed by atoms with Gasteiger partial charge in [0.1, 0.15) is 5.82 Å². The molecule has 0 aliphatic heterocycles. The van der Waals surface area contributed by atoms with Crippen molar-refractivity contribution in [2.45, 2.75) is 6.92 Å². The van der Waals surface area contributed by atoms with Gasteiger partial charge in [0.15, 0.2) is 0 Å². The monoisotopic (exact) mass is 278 g/mol. The van der Waals surface area contributed by atoms with Gasteiger partial charge in [-0.05, 0) is 34.5 Å². The van der Waals surface area contributed by atoms with Crippen LogP contribution >= 0.6 is 15.9 Å². The van der Waals surface area contributed by atoms with Crippen molar-refractivity contribution in [3.8, 4) is 0 Å². The van der Waals surface area contributed by atoms with Crippen LogP contribution in [-0.4, -0.2) is 9.97 Å². The maximum Gasteiger partial charge on any atom is 0.222 e. The van der Waals surface area contributed by atoms with Crippen LogP contribution in [0.2, 0.25) is 0 Å². The zero-order valence-electron chi connectivity index (χ0n) is 8.74. The molecule has 0 amide bonds. The van der Waals surface area contributed by atoms with E-state index in [2.05, 4.69) is 31.2 Å². The summed E-state index contributed by atoms with van der Waals surface area (Å²) in [5.41, 5.74) is 7.68. The highest BCUT2D eigenvalue weighted by Crippen LogP contribution is 2.25. The molecule has 3 N–H and O–H groups in total. The van der Waals surface area contributed by atoms with Crippen LogP contribution in [0.4, 0.5) is 17.5 Å². The number of nitrogens with two attached hydrogens (primary N) is 1. The predicted octanol–water partition coefficient (Wildman–Crippen LogP) is 2.87. The van der Waals surface area contributed by atoms with E-state index in [9.17, 15) is 0 Å². The Labute approximate surface area is 102 Å². The molecule has 2 rings (SSSR count). The third kappa shape index (κ3) is 2.30. The van der Waals surface area contributed by atoms with E-state index in [1.54, 1.807) is 6.20 Å². The van der Waals surface area contributed by atoms with Crippen LogP contribution in [-0.2, 0) is 0 Å². The van der Waals surface area contributed by atoms with Gasteiger partial charge >= 0.3 is 0 Å². The minimum atomic E-state index is 0.249. The van der Waals surface area contributed by atoms with Gasteiger partial charge in [-0.2, -0.15) is 4.98 Å². The second kappa shape index (κ2) is 4.49. The summed E-state index contributed by atoms with van der Waals surface area (Å²) in [4.78, 5) is 8.00. The first-order valence-electron chi connectivity index (χ1n) is 4.77. The quantitative estimate of drug-likeness (QED) is 0.887. The zero-order chi connectivity index (χ0) is 11.5. The number of benzene rings is 1. The second-order valence-corrected chi connectivity index (χ2v) is 4.22. The van der Waals surface area contributed by atoms with Gasteiger partial charge in [-0.1, -0.05) is 18.2 Å². The summed E-state index contributed by atoms with van der Waals surface area (Å²) in [5.74, 6) is 0.918. The number of para-hydroxylation sites is 1. The number of aromatic nitrogens is 2. The molecule has 1 heterocycles. The van der Waals surface area contributed by atoms with Crippen molar-refractivity contribution in [3.05, 3.63) is 40.5 Å². The Morgan fingerprint density at radius 2 is 2.06 bits per heavy atom. The molecule has 0 atom stereocenters. The average Bonchev–Trinajstić information content (AvgIpc) is 2.27. The Morgan fingerprint density at radius 1 is 1.31 bits per heavy atom. The van der Waals surface area contributed by atoms with Crippen LogP contribution in [0.1, 0.15) is 5.56 Å². The molecule has 2 aromatic rings. The number of nitrogens with one attached hydrogen (secondary N) is 1. The van der Waals surface area contributed by atoms with E-state index >= 15 is 0 Å². The zero-order valence-corrected chi connectivity index (χ0v) is 10.3. The lowest BCUT2D eigenvalue weighted by molar-refractivity contribution is 1.17. The number of aryl methyl sites for hydroxylation is 1. The molecule has 4 nitrogen and oxygen atoms in total. The van der Waals surface area contributed by atoms with Crippen LogP contribution in [0.5, 0.6) is 0 Å². The standard InChI is InChI=1S/C11H11BrN4/c1-7-4-2-3-5-9(7)15-10-8(12)6-14-11(13)16-10/h2-6H,1H3,(H3,13,14,15,16). The highest BCUT2D eigenvalue weighted by Gasteiger charge is 2.04. The lowest BCUT2D eigenvalue weighted by Crippen LogP contribution is -2.01. The molecule has 82 valence electrons. The smallest absolute Gasteiger partial charge is 0.222 e. The minimum Gasteiger partial charge on any atom is -0.368 e. The number of rotatable bonds is 2. The molecule has 0 bridgehead atoms. The van der Waals surface area contributed by atoms with Gasteiger partial charge in [-0.25, -0.2) is 4.98 Å². The normalized spacial score (nSPS) is 10.1. The van der Waals surface area contributed by atoms with E-state index in [4.69, 9.17) is 5.73 Å². The first-order chi connectivity index (χ1) is 7.66. The van der Waals surface area contributed by atoms with Gasteiger partial charge in [-0.3, -0.25) is 0 Å². The van der Waals surface area contributed by atoms with E-state index in [0.717, 1.165) is 15.7 Å². The SMILES string of the molecule is Cc1ccccc1Nc1nc(N)ncc1Br. The van der Waals surface area contributed by atoms with Crippen molar-refractivity contribution in [2.75, 3.05) is 11.1 Å². The molecular formula is C11H11BrN4. The van der Waals surface area contributed by atoms with Crippen LogP contribution < -0.4 is 11.1 Å². The maximum absolute atomic E-state index is 5.54. The van der Waals surface area contributed by atoms with Crippen LogP contribution in [0.3, 0.4) is 0 Å². The van der Waals surface area contributed by atoms with Crippen molar-refractivity contribution < 1.29 is 0 Å². The maximum atomic E-state index is 5.54. The minimum absolute atomic E-state index is 0.249. The van der Waals surface area contributed by atoms with Crippen molar-refractivity contribution in [3.63, 3.8) is 0 Å². The van der Waals surface area contributed by atoms with Crippen molar-refractivity contribution in [1.29, 1.82) is 0 Å². The molecule has 0 aliphatic carbocycles.